The van der Waals surface area contributed by atoms with Crippen LogP contribution in [-0.4, -0.2) is 253 Å². The quantitative estimate of drug-likeness (QED) is 0.0464. The lowest BCUT2D eigenvalue weighted by atomic mass is 9.98. The summed E-state index contributed by atoms with van der Waals surface area (Å²) in [6.45, 7) is 8.56. The number of hydrogen-bond acceptors (Lipinski definition) is 17. The zero-order chi connectivity index (χ0) is 91.3. The topological polar surface area (TPSA) is 434 Å². The lowest BCUT2D eigenvalue weighted by molar-refractivity contribution is -0.152. The van der Waals surface area contributed by atoms with Crippen LogP contribution >= 0.6 is 11.8 Å². The summed E-state index contributed by atoms with van der Waals surface area (Å²) in [5.41, 5.74) is 8.65. The molecule has 3 unspecified atom stereocenters. The number of nitrogens with one attached hydrogen (secondary N) is 9. The lowest BCUT2D eigenvalue weighted by Crippen LogP contribution is -2.62. The highest BCUT2D eigenvalue weighted by molar-refractivity contribution is 8.00. The molecule has 6 aromatic rings. The molecule has 4 aliphatic rings. The number of likely N-dealkylation sites (N-methyl/N-ethyl adjacent to an activating group) is 3. The van der Waals surface area contributed by atoms with Gasteiger partial charge in [-0.05, 0) is 141 Å². The Morgan fingerprint density at radius 2 is 1.05 bits per heavy atom. The van der Waals surface area contributed by atoms with Gasteiger partial charge in [0.25, 0.3) is 0 Å². The number of fused-ring (bicyclic) bond motifs is 3. The summed E-state index contributed by atoms with van der Waals surface area (Å²) in [5.74, 6) is -19.1. The smallest absolute Gasteiger partial charge is 0.305 e. The van der Waals surface area contributed by atoms with Crippen LogP contribution in [0.4, 0.5) is 13.2 Å². The van der Waals surface area contributed by atoms with Crippen molar-refractivity contribution in [3.05, 3.63) is 173 Å². The van der Waals surface area contributed by atoms with Gasteiger partial charge in [-0.3, -0.25) is 67.1 Å². The molecule has 1 aliphatic carbocycles. The molecule has 15 atom stereocenters. The van der Waals surface area contributed by atoms with Crippen molar-refractivity contribution in [1.29, 1.82) is 0 Å². The normalized spacial score (nSPS) is 25.9. The predicted molar refractivity (Wildman–Crippen MR) is 464 cm³/mol. The van der Waals surface area contributed by atoms with Crippen LogP contribution in [0.15, 0.2) is 128 Å². The molecule has 3 aliphatic heterocycles. The number of rotatable bonds is 20. The van der Waals surface area contributed by atoms with Gasteiger partial charge in [-0.25, -0.2) is 13.2 Å². The number of carbonyl (C=O) groups is 14. The van der Waals surface area contributed by atoms with Gasteiger partial charge in [0.1, 0.15) is 78.3 Å². The maximum absolute atomic E-state index is 15.6. The van der Waals surface area contributed by atoms with Gasteiger partial charge >= 0.3 is 5.97 Å². The molecule has 5 aromatic carbocycles. The van der Waals surface area contributed by atoms with E-state index in [9.17, 15) is 38.6 Å². The monoisotopic (exact) mass is 1760 g/mol. The molecule has 1 aromatic heterocycles. The van der Waals surface area contributed by atoms with Crippen molar-refractivity contribution in [3.8, 4) is 5.75 Å². The number of aromatic hydroxyl groups is 1. The van der Waals surface area contributed by atoms with Crippen LogP contribution in [0.1, 0.15) is 133 Å². The Bertz CT molecular complexity index is 4870. The number of amides is 13. The second-order valence-corrected chi connectivity index (χ2v) is 34.7. The first-order valence-electron chi connectivity index (χ1n) is 43.0. The van der Waals surface area contributed by atoms with E-state index in [0.29, 0.717) is 71.0 Å². The first kappa shape index (κ1) is 96.3. The average molecular weight is 1770 g/mol. The van der Waals surface area contributed by atoms with Crippen LogP contribution in [0.2, 0.25) is 0 Å². The largest absolute Gasteiger partial charge is 0.508 e. The highest BCUT2D eigenvalue weighted by Crippen LogP contribution is 2.41. The van der Waals surface area contributed by atoms with Crippen LogP contribution in [0.25, 0.3) is 10.9 Å². The molecule has 10 rings (SSSR count). The summed E-state index contributed by atoms with van der Waals surface area (Å²) in [4.78, 5) is 219. The Labute approximate surface area is 734 Å². The highest BCUT2D eigenvalue weighted by atomic mass is 32.2. The molecule has 31 nitrogen and oxygen atoms in total. The first-order valence-corrected chi connectivity index (χ1v) is 44.2. The number of halogens is 3. The summed E-state index contributed by atoms with van der Waals surface area (Å²) in [5, 5.41) is 43.7. The fourth-order valence-electron chi connectivity index (χ4n) is 16.7. The van der Waals surface area contributed by atoms with Gasteiger partial charge in [0, 0.05) is 95.2 Å². The van der Waals surface area contributed by atoms with E-state index in [2.05, 4.69) is 47.5 Å². The van der Waals surface area contributed by atoms with Crippen molar-refractivity contribution < 1.29 is 90.5 Å². The number of hydrogen-bond donors (Lipinski definition) is 12. The second-order valence-electron chi connectivity index (χ2n) is 33.7. The number of phenolic OH excluding ortho intramolecular Hbond substituents is 1. The molecule has 678 valence electrons. The number of benzene rings is 5. The molecule has 4 heterocycles. The van der Waals surface area contributed by atoms with E-state index in [0.717, 1.165) is 26.5 Å². The van der Waals surface area contributed by atoms with Crippen molar-refractivity contribution in [2.24, 2.45) is 23.5 Å². The molecule has 13 amide bonds. The van der Waals surface area contributed by atoms with Crippen LogP contribution in [0.5, 0.6) is 5.75 Å². The van der Waals surface area contributed by atoms with Crippen molar-refractivity contribution in [3.63, 3.8) is 0 Å². The first-order chi connectivity index (χ1) is 60.1. The number of carbonyl (C=O) groups excluding carboxylic acids is 13. The van der Waals surface area contributed by atoms with Crippen LogP contribution in [0.3, 0.4) is 0 Å². The Kier molecular flexibility index (Phi) is 34.3. The van der Waals surface area contributed by atoms with E-state index in [1.165, 1.54) is 43.1 Å². The third kappa shape index (κ3) is 25.3. The molecule has 3 saturated heterocycles. The third-order valence-electron chi connectivity index (χ3n) is 24.0. The summed E-state index contributed by atoms with van der Waals surface area (Å²) in [6, 6.07) is 13.1. The second kappa shape index (κ2) is 44.8. The van der Waals surface area contributed by atoms with Crippen molar-refractivity contribution >= 4 is 105 Å². The Balaban J connectivity index is 1.01. The SMILES string of the molecule is CCCC[C@H]1C(=O)N2CCC[C@@H]2C(=O)N[C@@H](CC(=O)O)C(=O)N[C@@H](C(C)C)C(=O)N(C)[C@@H](Cc2ccccc2)C(=O)N[C@@H](CCCN)C(=O)N2CCCC2C(=O)N[C@@H](Cc2c[nH]c3ccccc23)C(=O)N[C@@H](Cc2ccc(O)cc2)C(=O)N[C@@H](C2CC2C)C(=O)N[C@H](C)CSCC(=O)N[C@@H](Cc2cc(F)c(F)c(F)c2)C(=O)N(C)[C@@H](Cc2ccccc2)C(=O)N1C. The number of nitrogens with two attached hydrogens (primary N) is 1. The molecular weight excluding hydrogens is 1650 g/mol. The maximum Gasteiger partial charge on any atom is 0.305 e. The summed E-state index contributed by atoms with van der Waals surface area (Å²) < 4.78 is 44.8. The molecular formula is C91H116F3N15O16S. The Morgan fingerprint density at radius 1 is 0.524 bits per heavy atom. The lowest BCUT2D eigenvalue weighted by Gasteiger charge is -2.38. The standard InChI is InChI=1S/C91H116F3N15O16S/c1-9-10-29-72-90(124)109-38-21-31-71(109)84(118)102-68(47-76(112)113)82(116)103-78(51(2)3)91(125)106(7)73(44-54-22-13-11-14-23-54)85(119)99-65(28-19-36-95)88(122)108-37-20-30-70(108)83(117)101-67(46-58-48-96-64-27-18-17-26-60(58)64)80(114)100-66(42-56-32-34-59(110)35-33-56)81(115)104-79(61-39-52(61)4)86(120)97-53(5)49-126-50-75(111)98-69(43-57-40-62(92)77(94)63(93)41-57)87(121)107(8)74(89(123)105(72)6)45-55-24-15-12-16-25-55/h11-18,22-27,32-35,40-41,48,51-53,61,65-74,78-79,96,110H,9-10,19-21,28-31,36-39,42-47,49-50,95H2,1-8H3,(H,97,120)(H,98,111)(H,99,119)(H,100,114)(H,101,117)(H,102,118)(H,103,116)(H,104,115)(H,112,113)/t52?,53-,61?,65+,66+,67+,68+,69+,70?,71-,72+,73+,74+,78+,79+/m1/s1. The van der Waals surface area contributed by atoms with E-state index < -0.39 is 209 Å². The minimum Gasteiger partial charge on any atom is -0.508 e. The summed E-state index contributed by atoms with van der Waals surface area (Å²) in [6.07, 6.45) is 1.36. The number of carboxylic acids is 1. The molecule has 0 radical (unpaired) electrons. The zero-order valence-electron chi connectivity index (χ0n) is 72.2. The fourth-order valence-corrected chi connectivity index (χ4v) is 17.5. The average Bonchev–Trinajstić information content (AvgIpc) is 1.53. The fraction of sp³-hybridized carbons (Fsp3) is 0.495. The minimum atomic E-state index is -1.90. The van der Waals surface area contributed by atoms with E-state index in [1.54, 1.807) is 112 Å². The Morgan fingerprint density at radius 3 is 1.64 bits per heavy atom. The van der Waals surface area contributed by atoms with Gasteiger partial charge in [0.15, 0.2) is 17.5 Å². The number of thioether (sulfide) groups is 1. The third-order valence-corrected chi connectivity index (χ3v) is 25.2. The number of para-hydroxylation sites is 1. The van der Waals surface area contributed by atoms with Gasteiger partial charge in [0.2, 0.25) is 76.8 Å². The number of unbranched alkanes of at least 4 members (excludes halogenated alkanes) is 1. The van der Waals surface area contributed by atoms with Crippen LogP contribution < -0.4 is 48.3 Å². The number of phenols is 1. The summed E-state index contributed by atoms with van der Waals surface area (Å²) >= 11 is 1.01. The number of carboxylic acid groups (broad SMARTS) is 1. The van der Waals surface area contributed by atoms with E-state index in [-0.39, 0.29) is 107 Å². The number of H-pyrrole nitrogens is 1. The number of aromatic amines is 1. The number of nitrogens with zero attached hydrogens (tertiary/aromatic N) is 5. The van der Waals surface area contributed by atoms with Gasteiger partial charge in [-0.2, -0.15) is 0 Å². The molecule has 4 fully saturated rings. The summed E-state index contributed by atoms with van der Waals surface area (Å²) in [7, 11) is 3.93. The van der Waals surface area contributed by atoms with E-state index in [1.807, 2.05) is 26.0 Å². The van der Waals surface area contributed by atoms with E-state index >= 15 is 51.9 Å². The molecule has 35 heteroatoms. The molecule has 0 spiro atoms. The van der Waals surface area contributed by atoms with Gasteiger partial charge < -0.3 is 88.0 Å². The van der Waals surface area contributed by atoms with Gasteiger partial charge in [-0.15, -0.1) is 11.8 Å². The van der Waals surface area contributed by atoms with Crippen LogP contribution in [0, 0.1) is 35.2 Å². The molecule has 1 saturated carbocycles. The molecule has 0 bridgehead atoms. The number of aromatic nitrogens is 1. The minimum absolute atomic E-state index is 0.00369. The van der Waals surface area contributed by atoms with Gasteiger partial charge in [-0.1, -0.05) is 132 Å². The number of aliphatic carboxylic acids is 1. The van der Waals surface area contributed by atoms with E-state index in [4.69, 9.17) is 5.73 Å². The molecule has 13 N–H and O–H groups in total. The predicted octanol–water partition coefficient (Wildman–Crippen LogP) is 4.63. The van der Waals surface area contributed by atoms with Crippen molar-refractivity contribution in [2.75, 3.05) is 52.3 Å². The Hall–Kier alpha value is -11.9. The highest BCUT2D eigenvalue weighted by Gasteiger charge is 2.48. The maximum atomic E-state index is 15.6. The molecule has 126 heavy (non-hydrogen) atoms. The van der Waals surface area contributed by atoms with Crippen LogP contribution in [-0.2, 0) is 99.2 Å². The zero-order valence-corrected chi connectivity index (χ0v) is 73.0. The van der Waals surface area contributed by atoms with Crippen molar-refractivity contribution in [2.45, 2.75) is 216 Å². The van der Waals surface area contributed by atoms with Gasteiger partial charge in [0.05, 0.1) is 12.2 Å². The van der Waals surface area contributed by atoms with Crippen molar-refractivity contribution in [1.82, 2.24) is 72.0 Å².